The molecule has 0 bridgehead atoms. The standard InChI is InChI=1S/C24H32N2O4/c1-5-22(24(28)25-3)26(17-19-10-14-20(29-4)15-11-19)23(27)7-6-16-30-21-12-8-18(2)9-13-21/h8-15,22H,5-7,16-17H2,1-4H3,(H,25,28). The van der Waals surface area contributed by atoms with E-state index in [9.17, 15) is 9.59 Å². The number of aryl methyl sites for hydroxylation is 1. The highest BCUT2D eigenvalue weighted by Gasteiger charge is 2.27. The predicted molar refractivity (Wildman–Crippen MR) is 118 cm³/mol. The lowest BCUT2D eigenvalue weighted by Crippen LogP contribution is -2.48. The van der Waals surface area contributed by atoms with Gasteiger partial charge in [0.25, 0.3) is 0 Å². The summed E-state index contributed by atoms with van der Waals surface area (Å²) in [6.07, 6.45) is 1.44. The molecule has 2 rings (SSSR count). The van der Waals surface area contributed by atoms with E-state index in [1.807, 2.05) is 62.4 Å². The number of rotatable bonds is 11. The molecule has 1 unspecified atom stereocenters. The smallest absolute Gasteiger partial charge is 0.242 e. The van der Waals surface area contributed by atoms with Crippen molar-refractivity contribution in [2.45, 2.75) is 45.7 Å². The van der Waals surface area contributed by atoms with Gasteiger partial charge in [-0.05, 0) is 49.6 Å². The zero-order valence-electron chi connectivity index (χ0n) is 18.3. The molecule has 1 N–H and O–H groups in total. The van der Waals surface area contributed by atoms with Gasteiger partial charge in [0.05, 0.1) is 13.7 Å². The van der Waals surface area contributed by atoms with Crippen molar-refractivity contribution in [1.29, 1.82) is 0 Å². The van der Waals surface area contributed by atoms with Gasteiger partial charge >= 0.3 is 0 Å². The lowest BCUT2D eigenvalue weighted by molar-refractivity contribution is -0.141. The van der Waals surface area contributed by atoms with Crippen LogP contribution in [0.15, 0.2) is 48.5 Å². The van der Waals surface area contributed by atoms with Gasteiger partial charge in [-0.1, -0.05) is 36.8 Å². The molecule has 1 atom stereocenters. The SMILES string of the molecule is CCC(C(=O)NC)N(Cc1ccc(OC)cc1)C(=O)CCCOc1ccc(C)cc1. The maximum atomic E-state index is 13.0. The highest BCUT2D eigenvalue weighted by atomic mass is 16.5. The fourth-order valence-electron chi connectivity index (χ4n) is 3.21. The molecular weight excluding hydrogens is 380 g/mol. The third-order valence-corrected chi connectivity index (χ3v) is 4.97. The highest BCUT2D eigenvalue weighted by Crippen LogP contribution is 2.18. The second-order valence-electron chi connectivity index (χ2n) is 7.17. The molecule has 30 heavy (non-hydrogen) atoms. The van der Waals surface area contributed by atoms with Gasteiger partial charge in [0.1, 0.15) is 17.5 Å². The van der Waals surface area contributed by atoms with E-state index >= 15 is 0 Å². The number of hydrogen-bond donors (Lipinski definition) is 1. The maximum absolute atomic E-state index is 13.0. The average Bonchev–Trinajstić information content (AvgIpc) is 2.77. The third-order valence-electron chi connectivity index (χ3n) is 4.97. The summed E-state index contributed by atoms with van der Waals surface area (Å²) in [6.45, 7) is 4.75. The monoisotopic (exact) mass is 412 g/mol. The number of hydrogen-bond acceptors (Lipinski definition) is 4. The lowest BCUT2D eigenvalue weighted by Gasteiger charge is -2.30. The molecule has 2 aromatic rings. The summed E-state index contributed by atoms with van der Waals surface area (Å²) >= 11 is 0. The molecule has 0 fully saturated rings. The topological polar surface area (TPSA) is 67.9 Å². The Balaban J connectivity index is 2.01. The summed E-state index contributed by atoms with van der Waals surface area (Å²) < 4.78 is 10.9. The minimum atomic E-state index is -0.511. The van der Waals surface area contributed by atoms with Crippen molar-refractivity contribution in [2.75, 3.05) is 20.8 Å². The molecule has 0 aliphatic rings. The number of carbonyl (C=O) groups is 2. The molecule has 0 aliphatic carbocycles. The van der Waals surface area contributed by atoms with E-state index in [0.717, 1.165) is 17.1 Å². The van der Waals surface area contributed by atoms with Crippen molar-refractivity contribution in [1.82, 2.24) is 10.2 Å². The van der Waals surface area contributed by atoms with E-state index in [4.69, 9.17) is 9.47 Å². The number of methoxy groups -OCH3 is 1. The predicted octanol–water partition coefficient (Wildman–Crippen LogP) is 3.72. The van der Waals surface area contributed by atoms with Gasteiger partial charge in [0.2, 0.25) is 11.8 Å². The van der Waals surface area contributed by atoms with Crippen LogP contribution in [-0.2, 0) is 16.1 Å². The van der Waals surface area contributed by atoms with Crippen LogP contribution in [-0.4, -0.2) is 43.5 Å². The van der Waals surface area contributed by atoms with Crippen LogP contribution in [0.3, 0.4) is 0 Å². The molecule has 162 valence electrons. The van der Waals surface area contributed by atoms with Gasteiger partial charge in [-0.2, -0.15) is 0 Å². The first-order valence-corrected chi connectivity index (χ1v) is 10.3. The van der Waals surface area contributed by atoms with Crippen molar-refractivity contribution in [3.8, 4) is 11.5 Å². The molecule has 0 aliphatic heterocycles. The first-order valence-electron chi connectivity index (χ1n) is 10.3. The summed E-state index contributed by atoms with van der Waals surface area (Å²) in [6, 6.07) is 14.9. The Morgan fingerprint density at radius 1 is 1.03 bits per heavy atom. The van der Waals surface area contributed by atoms with Crippen molar-refractivity contribution >= 4 is 11.8 Å². The number of likely N-dealkylation sites (N-methyl/N-ethyl adjacent to an activating group) is 1. The van der Waals surface area contributed by atoms with Crippen LogP contribution < -0.4 is 14.8 Å². The second-order valence-corrected chi connectivity index (χ2v) is 7.17. The molecule has 2 aromatic carbocycles. The third kappa shape index (κ3) is 6.79. The van der Waals surface area contributed by atoms with Gasteiger partial charge in [0, 0.05) is 20.0 Å². The van der Waals surface area contributed by atoms with Gasteiger partial charge < -0.3 is 19.7 Å². The average molecular weight is 413 g/mol. The zero-order valence-corrected chi connectivity index (χ0v) is 18.3. The van der Waals surface area contributed by atoms with E-state index in [1.165, 1.54) is 5.56 Å². The minimum absolute atomic E-state index is 0.0613. The van der Waals surface area contributed by atoms with Crippen LogP contribution >= 0.6 is 0 Å². The lowest BCUT2D eigenvalue weighted by atomic mass is 10.1. The molecular formula is C24H32N2O4. The van der Waals surface area contributed by atoms with Crippen molar-refractivity contribution < 1.29 is 19.1 Å². The van der Waals surface area contributed by atoms with Gasteiger partial charge in [-0.3, -0.25) is 9.59 Å². The van der Waals surface area contributed by atoms with Crippen LogP contribution in [0.1, 0.15) is 37.3 Å². The largest absolute Gasteiger partial charge is 0.497 e. The fourth-order valence-corrected chi connectivity index (χ4v) is 3.21. The number of amides is 2. The summed E-state index contributed by atoms with van der Waals surface area (Å²) in [5.74, 6) is 1.33. The van der Waals surface area contributed by atoms with Gasteiger partial charge in [-0.25, -0.2) is 0 Å². The Kier molecular flexibility index (Phi) is 9.19. The summed E-state index contributed by atoms with van der Waals surface area (Å²) in [5, 5.41) is 2.67. The molecule has 0 spiro atoms. The first-order chi connectivity index (χ1) is 14.5. The number of carbonyl (C=O) groups excluding carboxylic acids is 2. The molecule has 0 heterocycles. The molecule has 6 heteroatoms. The number of ether oxygens (including phenoxy) is 2. The van der Waals surface area contributed by atoms with Crippen LogP contribution in [0.4, 0.5) is 0 Å². The zero-order chi connectivity index (χ0) is 21.9. The van der Waals surface area contributed by atoms with E-state index in [2.05, 4.69) is 5.32 Å². The minimum Gasteiger partial charge on any atom is -0.497 e. The molecule has 0 aromatic heterocycles. The summed E-state index contributed by atoms with van der Waals surface area (Å²) in [5.41, 5.74) is 2.12. The molecule has 0 saturated heterocycles. The van der Waals surface area contributed by atoms with Crippen molar-refractivity contribution in [2.24, 2.45) is 0 Å². The van der Waals surface area contributed by atoms with Crippen LogP contribution in [0, 0.1) is 6.92 Å². The van der Waals surface area contributed by atoms with Crippen molar-refractivity contribution in [3.63, 3.8) is 0 Å². The molecule has 2 amide bonds. The van der Waals surface area contributed by atoms with E-state index in [-0.39, 0.29) is 11.8 Å². The summed E-state index contributed by atoms with van der Waals surface area (Å²) in [4.78, 5) is 27.0. The molecule has 0 radical (unpaired) electrons. The quantitative estimate of drug-likeness (QED) is 0.571. The van der Waals surface area contributed by atoms with Crippen LogP contribution in [0.25, 0.3) is 0 Å². The number of nitrogens with zero attached hydrogens (tertiary/aromatic N) is 1. The first kappa shape index (κ1) is 23.3. The van der Waals surface area contributed by atoms with Crippen molar-refractivity contribution in [3.05, 3.63) is 59.7 Å². The molecule has 0 saturated carbocycles. The molecule has 6 nitrogen and oxygen atoms in total. The second kappa shape index (κ2) is 11.9. The van der Waals surface area contributed by atoms with Gasteiger partial charge in [0.15, 0.2) is 0 Å². The van der Waals surface area contributed by atoms with Crippen LogP contribution in [0.5, 0.6) is 11.5 Å². The van der Waals surface area contributed by atoms with E-state index in [1.54, 1.807) is 19.1 Å². The Hall–Kier alpha value is -3.02. The fraction of sp³-hybridized carbons (Fsp3) is 0.417. The Morgan fingerprint density at radius 3 is 2.23 bits per heavy atom. The number of nitrogens with one attached hydrogen (secondary N) is 1. The Labute approximate surface area is 179 Å². The van der Waals surface area contributed by atoms with E-state index in [0.29, 0.717) is 32.4 Å². The van der Waals surface area contributed by atoms with Crippen LogP contribution in [0.2, 0.25) is 0 Å². The Morgan fingerprint density at radius 2 is 1.67 bits per heavy atom. The maximum Gasteiger partial charge on any atom is 0.242 e. The normalized spacial score (nSPS) is 11.5. The van der Waals surface area contributed by atoms with Gasteiger partial charge in [-0.15, -0.1) is 0 Å². The Bertz CT molecular complexity index is 803. The van der Waals surface area contributed by atoms with E-state index < -0.39 is 6.04 Å². The summed E-state index contributed by atoms with van der Waals surface area (Å²) in [7, 11) is 3.21. The highest BCUT2D eigenvalue weighted by molar-refractivity contribution is 5.87. The number of benzene rings is 2.